The lowest BCUT2D eigenvalue weighted by Crippen LogP contribution is -2.50. The lowest BCUT2D eigenvalue weighted by atomic mass is 10.0. The molecule has 0 saturated heterocycles. The van der Waals surface area contributed by atoms with Crippen molar-refractivity contribution in [3.8, 4) is 0 Å². The van der Waals surface area contributed by atoms with Gasteiger partial charge in [0.15, 0.2) is 6.04 Å². The molecule has 112 valence electrons. The molecule has 1 aromatic carbocycles. The van der Waals surface area contributed by atoms with Gasteiger partial charge in [0, 0.05) is 6.42 Å². The van der Waals surface area contributed by atoms with Crippen molar-refractivity contribution < 1.29 is 24.6 Å². The number of oxime groups is 1. The lowest BCUT2D eigenvalue weighted by Gasteiger charge is -2.18. The van der Waals surface area contributed by atoms with Crippen molar-refractivity contribution in [2.75, 3.05) is 0 Å². The van der Waals surface area contributed by atoms with Gasteiger partial charge in [0.2, 0.25) is 6.10 Å². The van der Waals surface area contributed by atoms with Gasteiger partial charge in [-0.25, -0.2) is 4.79 Å². The number of carbonyl (C=O) groups excluding carboxylic acids is 1. The van der Waals surface area contributed by atoms with Crippen LogP contribution in [0.4, 0.5) is 0 Å². The maximum atomic E-state index is 12.0. The third kappa shape index (κ3) is 3.57. The Hall–Kier alpha value is -2.41. The van der Waals surface area contributed by atoms with Crippen LogP contribution in [0.15, 0.2) is 35.5 Å². The first kappa shape index (κ1) is 15.0. The number of carboxylic acids is 1. The normalized spacial score (nSPS) is 20.1. The number of amides is 1. The third-order valence-electron chi connectivity index (χ3n) is 3.11. The monoisotopic (exact) mass is 292 g/mol. The van der Waals surface area contributed by atoms with E-state index in [1.165, 1.54) is 6.92 Å². The fraction of sp³-hybridized carbons (Fsp3) is 0.357. The first-order valence-electron chi connectivity index (χ1n) is 6.48. The first-order valence-corrected chi connectivity index (χ1v) is 6.48. The molecule has 3 N–H and O–H groups in total. The number of hydrogen-bond acceptors (Lipinski definition) is 5. The van der Waals surface area contributed by atoms with Crippen molar-refractivity contribution in [3.05, 3.63) is 35.9 Å². The number of rotatable bonds is 5. The van der Waals surface area contributed by atoms with E-state index in [0.717, 1.165) is 5.56 Å². The number of aliphatic hydroxyl groups excluding tert-OH is 1. The van der Waals surface area contributed by atoms with Gasteiger partial charge < -0.3 is 20.4 Å². The van der Waals surface area contributed by atoms with Crippen molar-refractivity contribution in [1.29, 1.82) is 0 Å². The summed E-state index contributed by atoms with van der Waals surface area (Å²) < 4.78 is 0. The summed E-state index contributed by atoms with van der Waals surface area (Å²) in [6, 6.07) is 7.88. The van der Waals surface area contributed by atoms with Crippen molar-refractivity contribution in [2.24, 2.45) is 5.16 Å². The van der Waals surface area contributed by atoms with Crippen LogP contribution in [0, 0.1) is 0 Å². The van der Waals surface area contributed by atoms with Crippen molar-refractivity contribution in [3.63, 3.8) is 0 Å². The zero-order chi connectivity index (χ0) is 15.4. The van der Waals surface area contributed by atoms with E-state index in [9.17, 15) is 14.7 Å². The Morgan fingerprint density at radius 2 is 2.05 bits per heavy atom. The van der Waals surface area contributed by atoms with E-state index in [0.29, 0.717) is 5.71 Å². The second-order valence-electron chi connectivity index (χ2n) is 4.77. The number of hydrogen-bond donors (Lipinski definition) is 3. The SMILES string of the molecule is C[C@@H](O)[C@H](NC(=O)C1CC(c2ccccc2)=NO1)C(=O)O. The molecular weight excluding hydrogens is 276 g/mol. The average molecular weight is 292 g/mol. The van der Waals surface area contributed by atoms with Gasteiger partial charge in [-0.1, -0.05) is 35.5 Å². The Morgan fingerprint density at radius 3 is 2.62 bits per heavy atom. The van der Waals surface area contributed by atoms with E-state index in [2.05, 4.69) is 10.5 Å². The molecule has 0 bridgehead atoms. The van der Waals surface area contributed by atoms with Crippen molar-refractivity contribution in [1.82, 2.24) is 5.32 Å². The zero-order valence-corrected chi connectivity index (χ0v) is 11.4. The Bertz CT molecular complexity index is 556. The second kappa shape index (κ2) is 6.36. The fourth-order valence-corrected chi connectivity index (χ4v) is 1.95. The molecule has 1 amide bonds. The van der Waals surface area contributed by atoms with Crippen LogP contribution < -0.4 is 5.32 Å². The molecule has 3 atom stereocenters. The molecule has 0 spiro atoms. The fourth-order valence-electron chi connectivity index (χ4n) is 1.95. The van der Waals surface area contributed by atoms with Crippen LogP contribution in [-0.2, 0) is 14.4 Å². The summed E-state index contributed by atoms with van der Waals surface area (Å²) in [5.74, 6) is -1.92. The van der Waals surface area contributed by atoms with Crippen molar-refractivity contribution in [2.45, 2.75) is 31.6 Å². The van der Waals surface area contributed by atoms with E-state index in [-0.39, 0.29) is 6.42 Å². The minimum absolute atomic E-state index is 0.252. The number of aliphatic hydroxyl groups is 1. The Morgan fingerprint density at radius 1 is 1.38 bits per heavy atom. The van der Waals surface area contributed by atoms with Gasteiger partial charge in [0.05, 0.1) is 11.8 Å². The molecule has 1 heterocycles. The van der Waals surface area contributed by atoms with E-state index in [1.807, 2.05) is 30.3 Å². The number of aliphatic carboxylic acids is 1. The molecule has 0 saturated carbocycles. The third-order valence-corrected chi connectivity index (χ3v) is 3.11. The number of carbonyl (C=O) groups is 2. The van der Waals surface area contributed by atoms with Gasteiger partial charge in [-0.3, -0.25) is 4.79 Å². The molecule has 0 fully saturated rings. The van der Waals surface area contributed by atoms with Crippen LogP contribution in [0.5, 0.6) is 0 Å². The number of nitrogens with zero attached hydrogens (tertiary/aromatic N) is 1. The zero-order valence-electron chi connectivity index (χ0n) is 11.4. The summed E-state index contributed by atoms with van der Waals surface area (Å²) in [7, 11) is 0. The smallest absolute Gasteiger partial charge is 0.328 e. The molecule has 0 radical (unpaired) electrons. The Kier molecular flexibility index (Phi) is 4.54. The molecule has 1 aromatic rings. The largest absolute Gasteiger partial charge is 0.480 e. The molecule has 7 nitrogen and oxygen atoms in total. The van der Waals surface area contributed by atoms with Gasteiger partial charge in [-0.05, 0) is 12.5 Å². The number of benzene rings is 1. The summed E-state index contributed by atoms with van der Waals surface area (Å²) >= 11 is 0. The molecule has 1 aliphatic heterocycles. The van der Waals surface area contributed by atoms with E-state index in [1.54, 1.807) is 0 Å². The molecule has 1 unspecified atom stereocenters. The van der Waals surface area contributed by atoms with Crippen LogP contribution in [0.25, 0.3) is 0 Å². The quantitative estimate of drug-likeness (QED) is 0.715. The van der Waals surface area contributed by atoms with Crippen LogP contribution in [0.1, 0.15) is 18.9 Å². The maximum absolute atomic E-state index is 12.0. The molecule has 21 heavy (non-hydrogen) atoms. The average Bonchev–Trinajstić information content (AvgIpc) is 2.94. The van der Waals surface area contributed by atoms with E-state index < -0.39 is 30.1 Å². The molecule has 7 heteroatoms. The van der Waals surface area contributed by atoms with Gasteiger partial charge in [-0.15, -0.1) is 0 Å². The highest BCUT2D eigenvalue weighted by molar-refractivity contribution is 6.04. The predicted molar refractivity (Wildman–Crippen MR) is 73.7 cm³/mol. The lowest BCUT2D eigenvalue weighted by molar-refractivity contribution is -0.146. The predicted octanol–water partition coefficient (Wildman–Crippen LogP) is 0.130. The molecule has 2 rings (SSSR count). The Labute approximate surface area is 121 Å². The molecule has 1 aliphatic rings. The van der Waals surface area contributed by atoms with Crippen LogP contribution in [-0.4, -0.2) is 46.1 Å². The Balaban J connectivity index is 1.96. The topological polar surface area (TPSA) is 108 Å². The maximum Gasteiger partial charge on any atom is 0.328 e. The molecule has 0 aliphatic carbocycles. The summed E-state index contributed by atoms with van der Waals surface area (Å²) in [4.78, 5) is 27.9. The highest BCUT2D eigenvalue weighted by Crippen LogP contribution is 2.16. The summed E-state index contributed by atoms with van der Waals surface area (Å²) in [5, 5.41) is 24.4. The van der Waals surface area contributed by atoms with Gasteiger partial charge in [0.25, 0.3) is 5.91 Å². The highest BCUT2D eigenvalue weighted by atomic mass is 16.6. The van der Waals surface area contributed by atoms with Gasteiger partial charge in [-0.2, -0.15) is 0 Å². The summed E-state index contributed by atoms with van der Waals surface area (Å²) in [6.45, 7) is 1.29. The van der Waals surface area contributed by atoms with Crippen LogP contribution >= 0.6 is 0 Å². The summed E-state index contributed by atoms with van der Waals surface area (Å²) in [6.07, 6.45) is -1.84. The number of carboxylic acid groups (broad SMARTS) is 1. The minimum Gasteiger partial charge on any atom is -0.480 e. The second-order valence-corrected chi connectivity index (χ2v) is 4.77. The summed E-state index contributed by atoms with van der Waals surface area (Å²) in [5.41, 5.74) is 1.47. The van der Waals surface area contributed by atoms with Crippen LogP contribution in [0.3, 0.4) is 0 Å². The molecular formula is C14H16N2O5. The van der Waals surface area contributed by atoms with E-state index >= 15 is 0 Å². The minimum atomic E-state index is -1.37. The van der Waals surface area contributed by atoms with Crippen LogP contribution in [0.2, 0.25) is 0 Å². The standard InChI is InChI=1S/C14H16N2O5/c1-8(17)12(14(19)20)15-13(18)11-7-10(16-21-11)9-5-3-2-4-6-9/h2-6,8,11-12,17H,7H2,1H3,(H,15,18)(H,19,20)/t8-,11?,12+/m1/s1. The van der Waals surface area contributed by atoms with E-state index in [4.69, 9.17) is 9.94 Å². The van der Waals surface area contributed by atoms with Gasteiger partial charge >= 0.3 is 5.97 Å². The first-order chi connectivity index (χ1) is 9.99. The molecule has 0 aromatic heterocycles. The number of nitrogens with one attached hydrogen (secondary N) is 1. The van der Waals surface area contributed by atoms with Crippen molar-refractivity contribution >= 4 is 17.6 Å². The highest BCUT2D eigenvalue weighted by Gasteiger charge is 2.33. The van der Waals surface area contributed by atoms with Gasteiger partial charge in [0.1, 0.15) is 0 Å².